The molecule has 5 heteroatoms. The Kier molecular flexibility index (Phi) is 6.07. The number of esters is 1. The Morgan fingerprint density at radius 3 is 2.71 bits per heavy atom. The van der Waals surface area contributed by atoms with Crippen LogP contribution in [0.5, 0.6) is 0 Å². The van der Waals surface area contributed by atoms with Crippen LogP contribution in [0.2, 0.25) is 0 Å². The van der Waals surface area contributed by atoms with E-state index in [0.717, 1.165) is 22.0 Å². The molecule has 0 bridgehead atoms. The summed E-state index contributed by atoms with van der Waals surface area (Å²) >= 11 is 0. The smallest absolute Gasteiger partial charge is 0.310 e. The first-order valence-electron chi connectivity index (χ1n) is 7.91. The summed E-state index contributed by atoms with van der Waals surface area (Å²) in [7, 11) is 0. The minimum atomic E-state index is -0.437. The van der Waals surface area contributed by atoms with Gasteiger partial charge in [-0.05, 0) is 25.5 Å². The van der Waals surface area contributed by atoms with Crippen LogP contribution in [-0.2, 0) is 20.7 Å². The molecule has 0 radical (unpaired) electrons. The van der Waals surface area contributed by atoms with Crippen LogP contribution >= 0.6 is 0 Å². The fourth-order valence-corrected chi connectivity index (χ4v) is 2.45. The third-order valence-corrected chi connectivity index (χ3v) is 3.60. The number of nitrogens with zero attached hydrogens (tertiary/aromatic N) is 2. The highest BCUT2D eigenvalue weighted by Gasteiger charge is 2.15. The number of benzene rings is 1. The molecule has 1 heterocycles. The van der Waals surface area contributed by atoms with E-state index in [0.29, 0.717) is 13.1 Å². The standard InChI is InChI=1S/C19H22N2O3/c1-4-21(12-14(2)3)17(22)13-24-18(23)11-16-8-5-7-15-9-6-10-20-19(15)16/h5-10H,2,4,11-13H2,1,3H3. The van der Waals surface area contributed by atoms with Crippen molar-refractivity contribution >= 4 is 22.8 Å². The van der Waals surface area contributed by atoms with E-state index in [1.807, 2.05) is 44.2 Å². The van der Waals surface area contributed by atoms with Gasteiger partial charge in [-0.3, -0.25) is 14.6 Å². The Bertz CT molecular complexity index is 750. The lowest BCUT2D eigenvalue weighted by atomic mass is 10.1. The maximum Gasteiger partial charge on any atom is 0.310 e. The van der Waals surface area contributed by atoms with Gasteiger partial charge < -0.3 is 9.64 Å². The van der Waals surface area contributed by atoms with E-state index in [4.69, 9.17) is 4.74 Å². The Morgan fingerprint density at radius 1 is 1.25 bits per heavy atom. The van der Waals surface area contributed by atoms with E-state index in [2.05, 4.69) is 11.6 Å². The molecule has 0 saturated carbocycles. The van der Waals surface area contributed by atoms with Crippen LogP contribution < -0.4 is 0 Å². The number of rotatable bonds is 7. The molecule has 0 fully saturated rings. The number of hydrogen-bond donors (Lipinski definition) is 0. The number of ether oxygens (including phenoxy) is 1. The van der Waals surface area contributed by atoms with Crippen LogP contribution in [0.3, 0.4) is 0 Å². The number of carbonyl (C=O) groups excluding carboxylic acids is 2. The molecule has 24 heavy (non-hydrogen) atoms. The number of likely N-dealkylation sites (N-methyl/N-ethyl adjacent to an activating group) is 1. The Hall–Kier alpha value is -2.69. The van der Waals surface area contributed by atoms with E-state index in [1.54, 1.807) is 11.1 Å². The summed E-state index contributed by atoms with van der Waals surface area (Å²) in [5.74, 6) is -0.655. The molecule has 5 nitrogen and oxygen atoms in total. The number of aromatic nitrogens is 1. The predicted molar refractivity (Wildman–Crippen MR) is 93.5 cm³/mol. The van der Waals surface area contributed by atoms with Gasteiger partial charge in [-0.25, -0.2) is 0 Å². The van der Waals surface area contributed by atoms with E-state index >= 15 is 0 Å². The Morgan fingerprint density at radius 2 is 2.00 bits per heavy atom. The molecular formula is C19H22N2O3. The largest absolute Gasteiger partial charge is 0.455 e. The lowest BCUT2D eigenvalue weighted by molar-refractivity contribution is -0.151. The van der Waals surface area contributed by atoms with Gasteiger partial charge in [0.2, 0.25) is 0 Å². The van der Waals surface area contributed by atoms with Gasteiger partial charge in [-0.1, -0.05) is 36.4 Å². The Balaban J connectivity index is 1.95. The first-order valence-corrected chi connectivity index (χ1v) is 7.91. The SMILES string of the molecule is C=C(C)CN(CC)C(=O)COC(=O)Cc1cccc2cccnc12. The quantitative estimate of drug-likeness (QED) is 0.580. The highest BCUT2D eigenvalue weighted by Crippen LogP contribution is 2.16. The van der Waals surface area contributed by atoms with Crippen LogP contribution in [-0.4, -0.2) is 41.5 Å². The topological polar surface area (TPSA) is 59.5 Å². The van der Waals surface area contributed by atoms with Crippen molar-refractivity contribution in [3.63, 3.8) is 0 Å². The van der Waals surface area contributed by atoms with E-state index in [-0.39, 0.29) is 18.9 Å². The van der Waals surface area contributed by atoms with Crippen LogP contribution in [0.4, 0.5) is 0 Å². The van der Waals surface area contributed by atoms with E-state index < -0.39 is 5.97 Å². The molecule has 0 aliphatic rings. The zero-order valence-corrected chi connectivity index (χ0v) is 14.1. The minimum Gasteiger partial charge on any atom is -0.455 e. The van der Waals surface area contributed by atoms with Crippen molar-refractivity contribution in [3.8, 4) is 0 Å². The number of hydrogen-bond acceptors (Lipinski definition) is 4. The van der Waals surface area contributed by atoms with Crippen molar-refractivity contribution in [3.05, 3.63) is 54.2 Å². The fourth-order valence-electron chi connectivity index (χ4n) is 2.45. The molecule has 0 spiro atoms. The van der Waals surface area contributed by atoms with Gasteiger partial charge in [0.25, 0.3) is 5.91 Å². The van der Waals surface area contributed by atoms with Gasteiger partial charge in [0.1, 0.15) is 0 Å². The molecule has 0 saturated heterocycles. The normalized spacial score (nSPS) is 10.4. The van der Waals surface area contributed by atoms with Gasteiger partial charge in [0.05, 0.1) is 11.9 Å². The summed E-state index contributed by atoms with van der Waals surface area (Å²) < 4.78 is 5.13. The van der Waals surface area contributed by atoms with Crippen LogP contribution in [0.15, 0.2) is 48.7 Å². The van der Waals surface area contributed by atoms with Crippen molar-refractivity contribution in [2.24, 2.45) is 0 Å². The summed E-state index contributed by atoms with van der Waals surface area (Å²) in [4.78, 5) is 30.0. The Labute approximate surface area is 141 Å². The first kappa shape index (κ1) is 17.7. The molecular weight excluding hydrogens is 304 g/mol. The minimum absolute atomic E-state index is 0.0915. The highest BCUT2D eigenvalue weighted by molar-refractivity contribution is 5.87. The molecule has 0 aliphatic heterocycles. The maximum absolute atomic E-state index is 12.1. The second-order valence-electron chi connectivity index (χ2n) is 5.69. The zero-order valence-electron chi connectivity index (χ0n) is 14.1. The number of para-hydroxylation sites is 1. The van der Waals surface area contributed by atoms with Crippen molar-refractivity contribution in [2.75, 3.05) is 19.7 Å². The fraction of sp³-hybridized carbons (Fsp3) is 0.316. The molecule has 2 aromatic rings. The predicted octanol–water partition coefficient (Wildman–Crippen LogP) is 2.75. The van der Waals surface area contributed by atoms with Gasteiger partial charge in [0.15, 0.2) is 6.61 Å². The molecule has 1 amide bonds. The third kappa shape index (κ3) is 4.65. The summed E-state index contributed by atoms with van der Waals surface area (Å²) in [6, 6.07) is 9.46. The van der Waals surface area contributed by atoms with Gasteiger partial charge >= 0.3 is 5.97 Å². The number of amides is 1. The van der Waals surface area contributed by atoms with Crippen LogP contribution in [0.1, 0.15) is 19.4 Å². The first-order chi connectivity index (χ1) is 11.5. The number of pyridine rings is 1. The zero-order chi connectivity index (χ0) is 17.5. The second kappa shape index (κ2) is 8.24. The van der Waals surface area contributed by atoms with Crippen molar-refractivity contribution < 1.29 is 14.3 Å². The molecule has 0 aliphatic carbocycles. The molecule has 1 aromatic heterocycles. The lowest BCUT2D eigenvalue weighted by Crippen LogP contribution is -2.35. The van der Waals surface area contributed by atoms with Crippen molar-refractivity contribution in [1.82, 2.24) is 9.88 Å². The highest BCUT2D eigenvalue weighted by atomic mass is 16.5. The second-order valence-corrected chi connectivity index (χ2v) is 5.69. The number of fused-ring (bicyclic) bond motifs is 1. The molecule has 0 unspecified atom stereocenters. The summed E-state index contributed by atoms with van der Waals surface area (Å²) in [6.07, 6.45) is 1.78. The van der Waals surface area contributed by atoms with Crippen molar-refractivity contribution in [2.45, 2.75) is 20.3 Å². The average molecular weight is 326 g/mol. The molecule has 1 aromatic carbocycles. The summed E-state index contributed by atoms with van der Waals surface area (Å²) in [6.45, 7) is 8.31. The van der Waals surface area contributed by atoms with Gasteiger partial charge in [0, 0.05) is 24.7 Å². The third-order valence-electron chi connectivity index (χ3n) is 3.60. The van der Waals surface area contributed by atoms with Gasteiger partial charge in [-0.15, -0.1) is 0 Å². The van der Waals surface area contributed by atoms with Gasteiger partial charge in [-0.2, -0.15) is 0 Å². The molecule has 2 rings (SSSR count). The molecule has 0 N–H and O–H groups in total. The van der Waals surface area contributed by atoms with Crippen LogP contribution in [0, 0.1) is 0 Å². The molecule has 126 valence electrons. The lowest BCUT2D eigenvalue weighted by Gasteiger charge is -2.20. The van der Waals surface area contributed by atoms with Crippen molar-refractivity contribution in [1.29, 1.82) is 0 Å². The summed E-state index contributed by atoms with van der Waals surface area (Å²) in [5.41, 5.74) is 2.46. The molecule has 0 atom stereocenters. The maximum atomic E-state index is 12.1. The average Bonchev–Trinajstić information content (AvgIpc) is 2.57. The number of carbonyl (C=O) groups is 2. The monoisotopic (exact) mass is 326 g/mol. The summed E-state index contributed by atoms with van der Waals surface area (Å²) in [5, 5.41) is 0.970. The van der Waals surface area contributed by atoms with E-state index in [9.17, 15) is 9.59 Å². The van der Waals surface area contributed by atoms with E-state index in [1.165, 1.54) is 0 Å². The van der Waals surface area contributed by atoms with Crippen LogP contribution in [0.25, 0.3) is 10.9 Å².